The second-order valence-corrected chi connectivity index (χ2v) is 5.39. The maximum absolute atomic E-state index is 5.36. The summed E-state index contributed by atoms with van der Waals surface area (Å²) >= 11 is 0. The molecule has 0 aliphatic carbocycles. The summed E-state index contributed by atoms with van der Waals surface area (Å²) in [5, 5.41) is 0. The zero-order valence-corrected chi connectivity index (χ0v) is 12.4. The van der Waals surface area contributed by atoms with E-state index in [1.54, 1.807) is 0 Å². The number of anilines is 1. The largest absolute Gasteiger partial charge is 0.399 e. The average Bonchev–Trinajstić information content (AvgIpc) is 2.40. The summed E-state index contributed by atoms with van der Waals surface area (Å²) in [5.41, 5.74) is 9.07. The van der Waals surface area contributed by atoms with Crippen molar-refractivity contribution in [2.45, 2.75) is 39.5 Å². The minimum atomic E-state index is 0.642. The first-order valence-corrected chi connectivity index (χ1v) is 6.91. The SMILES string of the molecule is CC(C)c1cccc(C(C)C)c1.Nc1ccccc1. The van der Waals surface area contributed by atoms with E-state index in [0.717, 1.165) is 5.69 Å². The van der Waals surface area contributed by atoms with Gasteiger partial charge in [-0.05, 0) is 35.1 Å². The highest BCUT2D eigenvalue weighted by Gasteiger charge is 2.02. The third kappa shape index (κ3) is 5.60. The summed E-state index contributed by atoms with van der Waals surface area (Å²) in [6, 6.07) is 18.4. The van der Waals surface area contributed by atoms with E-state index in [4.69, 9.17) is 5.73 Å². The van der Waals surface area contributed by atoms with Gasteiger partial charge in [-0.1, -0.05) is 70.2 Å². The predicted molar refractivity (Wildman–Crippen MR) is 85.5 cm³/mol. The number of nitrogens with two attached hydrogens (primary N) is 1. The molecule has 0 aromatic heterocycles. The molecular weight excluding hydrogens is 230 g/mol. The van der Waals surface area contributed by atoms with Crippen LogP contribution in [0.5, 0.6) is 0 Å². The van der Waals surface area contributed by atoms with Crippen LogP contribution in [0.2, 0.25) is 0 Å². The van der Waals surface area contributed by atoms with Gasteiger partial charge in [0.1, 0.15) is 0 Å². The average molecular weight is 255 g/mol. The molecule has 0 amide bonds. The van der Waals surface area contributed by atoms with Crippen molar-refractivity contribution < 1.29 is 0 Å². The third-order valence-corrected chi connectivity index (χ3v) is 3.04. The fraction of sp³-hybridized carbons (Fsp3) is 0.333. The molecule has 1 nitrogen and oxygen atoms in total. The minimum Gasteiger partial charge on any atom is -0.399 e. The molecule has 0 radical (unpaired) electrons. The molecule has 0 saturated carbocycles. The molecule has 2 N–H and O–H groups in total. The topological polar surface area (TPSA) is 26.0 Å². The fourth-order valence-corrected chi connectivity index (χ4v) is 1.73. The Bertz CT molecular complexity index is 449. The van der Waals surface area contributed by atoms with Gasteiger partial charge in [0.15, 0.2) is 0 Å². The van der Waals surface area contributed by atoms with Crippen LogP contribution in [0.1, 0.15) is 50.7 Å². The Kier molecular flexibility index (Phi) is 6.14. The van der Waals surface area contributed by atoms with Crippen LogP contribution >= 0.6 is 0 Å². The highest BCUT2D eigenvalue weighted by Crippen LogP contribution is 2.20. The van der Waals surface area contributed by atoms with Gasteiger partial charge in [-0.25, -0.2) is 0 Å². The van der Waals surface area contributed by atoms with Gasteiger partial charge >= 0.3 is 0 Å². The van der Waals surface area contributed by atoms with E-state index in [1.165, 1.54) is 11.1 Å². The normalized spacial score (nSPS) is 10.2. The minimum absolute atomic E-state index is 0.642. The van der Waals surface area contributed by atoms with Gasteiger partial charge in [-0.3, -0.25) is 0 Å². The summed E-state index contributed by atoms with van der Waals surface area (Å²) in [4.78, 5) is 0. The van der Waals surface area contributed by atoms with Gasteiger partial charge in [0.05, 0.1) is 0 Å². The molecule has 0 unspecified atom stereocenters. The Hall–Kier alpha value is -1.76. The maximum atomic E-state index is 5.36. The molecule has 0 bridgehead atoms. The quantitative estimate of drug-likeness (QED) is 0.733. The summed E-state index contributed by atoms with van der Waals surface area (Å²) in [5.74, 6) is 1.28. The van der Waals surface area contributed by atoms with Crippen LogP contribution in [0.3, 0.4) is 0 Å². The van der Waals surface area contributed by atoms with Gasteiger partial charge in [-0.15, -0.1) is 0 Å². The number of hydrogen-bond acceptors (Lipinski definition) is 1. The van der Waals surface area contributed by atoms with Crippen LogP contribution in [0.4, 0.5) is 5.69 Å². The molecule has 0 saturated heterocycles. The molecule has 102 valence electrons. The lowest BCUT2D eigenvalue weighted by Gasteiger charge is -2.09. The van der Waals surface area contributed by atoms with Crippen molar-refractivity contribution in [2.75, 3.05) is 5.73 Å². The van der Waals surface area contributed by atoms with Crippen LogP contribution in [-0.4, -0.2) is 0 Å². The third-order valence-electron chi connectivity index (χ3n) is 3.04. The van der Waals surface area contributed by atoms with Crippen LogP contribution < -0.4 is 5.73 Å². The summed E-state index contributed by atoms with van der Waals surface area (Å²) < 4.78 is 0. The summed E-state index contributed by atoms with van der Waals surface area (Å²) in [6.45, 7) is 8.94. The Morgan fingerprint density at radius 2 is 1.16 bits per heavy atom. The molecule has 0 aliphatic rings. The molecule has 19 heavy (non-hydrogen) atoms. The van der Waals surface area contributed by atoms with E-state index >= 15 is 0 Å². The van der Waals surface area contributed by atoms with E-state index in [9.17, 15) is 0 Å². The molecule has 2 aromatic rings. The molecule has 0 atom stereocenters. The van der Waals surface area contributed by atoms with Gasteiger partial charge in [0.25, 0.3) is 0 Å². The maximum Gasteiger partial charge on any atom is 0.0313 e. The first-order valence-electron chi connectivity index (χ1n) is 6.91. The Morgan fingerprint density at radius 1 is 0.684 bits per heavy atom. The molecule has 2 rings (SSSR count). The lowest BCUT2D eigenvalue weighted by atomic mass is 9.96. The number of para-hydroxylation sites is 1. The van der Waals surface area contributed by atoms with Crippen molar-refractivity contribution in [3.8, 4) is 0 Å². The van der Waals surface area contributed by atoms with Gasteiger partial charge < -0.3 is 5.73 Å². The molecule has 1 heteroatoms. The van der Waals surface area contributed by atoms with E-state index < -0.39 is 0 Å². The molecule has 0 spiro atoms. The molecule has 0 aliphatic heterocycles. The van der Waals surface area contributed by atoms with Crippen LogP contribution in [-0.2, 0) is 0 Å². The van der Waals surface area contributed by atoms with Crippen molar-refractivity contribution in [2.24, 2.45) is 0 Å². The zero-order valence-electron chi connectivity index (χ0n) is 12.4. The lowest BCUT2D eigenvalue weighted by Crippen LogP contribution is -1.91. The first-order chi connectivity index (χ1) is 9.00. The number of benzene rings is 2. The van der Waals surface area contributed by atoms with Gasteiger partial charge in [0.2, 0.25) is 0 Å². The predicted octanol–water partition coefficient (Wildman–Crippen LogP) is 5.20. The summed E-state index contributed by atoms with van der Waals surface area (Å²) in [6.07, 6.45) is 0. The monoisotopic (exact) mass is 255 g/mol. The molecular formula is C18H25N. The van der Waals surface area contributed by atoms with E-state index in [0.29, 0.717) is 11.8 Å². The van der Waals surface area contributed by atoms with Crippen LogP contribution in [0, 0.1) is 0 Å². The van der Waals surface area contributed by atoms with Crippen LogP contribution in [0.15, 0.2) is 54.6 Å². The smallest absolute Gasteiger partial charge is 0.0313 e. The number of nitrogen functional groups attached to an aromatic ring is 1. The molecule has 0 fully saturated rings. The van der Waals surface area contributed by atoms with Crippen molar-refractivity contribution in [3.05, 3.63) is 65.7 Å². The second-order valence-electron chi connectivity index (χ2n) is 5.39. The summed E-state index contributed by atoms with van der Waals surface area (Å²) in [7, 11) is 0. The fourth-order valence-electron chi connectivity index (χ4n) is 1.73. The lowest BCUT2D eigenvalue weighted by molar-refractivity contribution is 0.834. The highest BCUT2D eigenvalue weighted by molar-refractivity contribution is 5.35. The van der Waals surface area contributed by atoms with E-state index in [-0.39, 0.29) is 0 Å². The van der Waals surface area contributed by atoms with Gasteiger partial charge in [0, 0.05) is 5.69 Å². The number of rotatable bonds is 2. The van der Waals surface area contributed by atoms with E-state index in [1.807, 2.05) is 30.3 Å². The first kappa shape index (κ1) is 15.3. The Morgan fingerprint density at radius 3 is 1.47 bits per heavy atom. The molecule has 0 heterocycles. The van der Waals surface area contributed by atoms with E-state index in [2.05, 4.69) is 52.0 Å². The van der Waals surface area contributed by atoms with Gasteiger partial charge in [-0.2, -0.15) is 0 Å². The highest BCUT2D eigenvalue weighted by atomic mass is 14.5. The van der Waals surface area contributed by atoms with Crippen molar-refractivity contribution in [1.82, 2.24) is 0 Å². The van der Waals surface area contributed by atoms with Crippen molar-refractivity contribution in [1.29, 1.82) is 0 Å². The van der Waals surface area contributed by atoms with Crippen molar-refractivity contribution >= 4 is 5.69 Å². The second kappa shape index (κ2) is 7.63. The zero-order chi connectivity index (χ0) is 14.3. The molecule has 2 aromatic carbocycles. The van der Waals surface area contributed by atoms with Crippen LogP contribution in [0.25, 0.3) is 0 Å². The Balaban J connectivity index is 0.000000218. The Labute approximate surface area is 117 Å². The van der Waals surface area contributed by atoms with Crippen molar-refractivity contribution in [3.63, 3.8) is 0 Å². The standard InChI is InChI=1S/C12H18.C6H7N/c1-9(2)11-6-5-7-12(8-11)10(3)4;7-6-4-2-1-3-5-6/h5-10H,1-4H3;1-5H,7H2. The number of hydrogen-bond donors (Lipinski definition) is 1.